The van der Waals surface area contributed by atoms with Gasteiger partial charge in [-0.05, 0) is 51.4 Å². The lowest BCUT2D eigenvalue weighted by Crippen LogP contribution is -2.43. The molecule has 0 atom stereocenters. The molecule has 0 radical (unpaired) electrons. The summed E-state index contributed by atoms with van der Waals surface area (Å²) in [6.45, 7) is 9.04. The first-order valence-corrected chi connectivity index (χ1v) is 12.6. The van der Waals surface area contributed by atoms with Crippen molar-refractivity contribution in [2.45, 2.75) is 64.1 Å². The van der Waals surface area contributed by atoms with Crippen LogP contribution in [0.25, 0.3) is 0 Å². The van der Waals surface area contributed by atoms with Crippen LogP contribution in [0.2, 0.25) is 0 Å². The molecule has 2 aromatic heterocycles. The van der Waals surface area contributed by atoms with E-state index < -0.39 is 0 Å². The fraction of sp³-hybridized carbons (Fsp3) is 0.739. The van der Waals surface area contributed by atoms with Crippen molar-refractivity contribution < 1.29 is 0 Å². The number of piperazine rings is 1. The molecule has 9 heteroatoms. The van der Waals surface area contributed by atoms with Gasteiger partial charge in [0.15, 0.2) is 0 Å². The summed E-state index contributed by atoms with van der Waals surface area (Å²) >= 11 is 0. The quantitative estimate of drug-likeness (QED) is 0.302. The smallest absolute Gasteiger partial charge is 0.224 e. The van der Waals surface area contributed by atoms with Crippen LogP contribution in [-0.4, -0.2) is 71.6 Å². The number of hydrogen-bond donors (Lipinski definition) is 5. The molecule has 3 heterocycles. The maximum Gasteiger partial charge on any atom is 0.224 e. The van der Waals surface area contributed by atoms with Gasteiger partial charge in [-0.1, -0.05) is 19.3 Å². The normalized spacial score (nSPS) is 17.7. The van der Waals surface area contributed by atoms with Crippen LogP contribution in [0, 0.1) is 0 Å². The summed E-state index contributed by atoms with van der Waals surface area (Å²) in [6.07, 6.45) is 13.3. The Morgan fingerprint density at radius 3 is 2.69 bits per heavy atom. The SMILES string of the molecule is c1cc(N2CCNCC2)nc(NCc2cn(CCCNCCCNC3CCCCC3)[nH]2)n1. The van der Waals surface area contributed by atoms with Crippen LogP contribution in [0.15, 0.2) is 18.5 Å². The van der Waals surface area contributed by atoms with Gasteiger partial charge in [0.2, 0.25) is 5.95 Å². The summed E-state index contributed by atoms with van der Waals surface area (Å²) in [5.41, 5.74) is 1.17. The lowest BCUT2D eigenvalue weighted by Gasteiger charge is -2.28. The zero-order valence-corrected chi connectivity index (χ0v) is 19.4. The summed E-state index contributed by atoms with van der Waals surface area (Å²) in [6, 6.07) is 2.76. The molecule has 2 aliphatic rings. The Bertz CT molecular complexity index is 747. The minimum atomic E-state index is 0.685. The molecule has 1 aliphatic carbocycles. The van der Waals surface area contributed by atoms with Crippen molar-refractivity contribution >= 4 is 11.8 Å². The van der Waals surface area contributed by atoms with E-state index in [1.807, 2.05) is 12.3 Å². The first kappa shape index (κ1) is 23.1. The molecule has 0 aromatic carbocycles. The van der Waals surface area contributed by atoms with Crippen LogP contribution in [0.1, 0.15) is 50.6 Å². The third-order valence-corrected chi connectivity index (χ3v) is 6.44. The summed E-state index contributed by atoms with van der Waals surface area (Å²) < 4.78 is 2.15. The lowest BCUT2D eigenvalue weighted by atomic mass is 9.95. The molecule has 0 bridgehead atoms. The third kappa shape index (κ3) is 7.50. The van der Waals surface area contributed by atoms with Gasteiger partial charge in [0.1, 0.15) is 5.82 Å². The van der Waals surface area contributed by atoms with E-state index in [2.05, 4.69) is 52.1 Å². The molecule has 32 heavy (non-hydrogen) atoms. The summed E-state index contributed by atoms with van der Waals surface area (Å²) in [5.74, 6) is 1.68. The molecule has 9 nitrogen and oxygen atoms in total. The molecule has 2 aromatic rings. The van der Waals surface area contributed by atoms with E-state index in [-0.39, 0.29) is 0 Å². The second-order valence-corrected chi connectivity index (χ2v) is 9.03. The zero-order valence-electron chi connectivity index (χ0n) is 19.4. The van der Waals surface area contributed by atoms with Crippen molar-refractivity contribution in [1.29, 1.82) is 0 Å². The fourth-order valence-electron chi connectivity index (χ4n) is 4.58. The molecule has 1 saturated heterocycles. The van der Waals surface area contributed by atoms with Crippen molar-refractivity contribution in [3.63, 3.8) is 0 Å². The summed E-state index contributed by atoms with van der Waals surface area (Å²) in [5, 5.41) is 17.4. The van der Waals surface area contributed by atoms with Gasteiger partial charge >= 0.3 is 0 Å². The second kappa shape index (κ2) is 12.8. The zero-order chi connectivity index (χ0) is 21.8. The monoisotopic (exact) mass is 443 g/mol. The Morgan fingerprint density at radius 2 is 1.84 bits per heavy atom. The summed E-state index contributed by atoms with van der Waals surface area (Å²) in [7, 11) is 0. The molecular weight excluding hydrogens is 402 g/mol. The molecule has 1 saturated carbocycles. The predicted octanol–water partition coefficient (Wildman–Crippen LogP) is 1.92. The van der Waals surface area contributed by atoms with E-state index in [0.29, 0.717) is 12.5 Å². The van der Waals surface area contributed by atoms with Crippen LogP contribution < -0.4 is 26.2 Å². The Kier molecular flexibility index (Phi) is 9.24. The Balaban J connectivity index is 1.03. The Labute approximate surface area is 192 Å². The first-order valence-electron chi connectivity index (χ1n) is 12.6. The predicted molar refractivity (Wildman–Crippen MR) is 130 cm³/mol. The Morgan fingerprint density at radius 1 is 1.03 bits per heavy atom. The van der Waals surface area contributed by atoms with E-state index in [4.69, 9.17) is 0 Å². The first-order chi connectivity index (χ1) is 15.9. The number of rotatable bonds is 13. The van der Waals surface area contributed by atoms with Crippen molar-refractivity contribution in [3.05, 3.63) is 24.2 Å². The molecule has 1 aliphatic heterocycles. The van der Waals surface area contributed by atoms with Gasteiger partial charge in [0.05, 0.1) is 12.2 Å². The van der Waals surface area contributed by atoms with E-state index >= 15 is 0 Å². The number of hydrogen-bond acceptors (Lipinski definition) is 7. The van der Waals surface area contributed by atoms with Crippen LogP contribution in [0.4, 0.5) is 11.8 Å². The molecule has 2 fully saturated rings. The van der Waals surface area contributed by atoms with Gasteiger partial charge in [0.25, 0.3) is 0 Å². The highest BCUT2D eigenvalue weighted by molar-refractivity contribution is 5.43. The van der Waals surface area contributed by atoms with Crippen molar-refractivity contribution in [2.24, 2.45) is 0 Å². The maximum absolute atomic E-state index is 4.66. The van der Waals surface area contributed by atoms with Gasteiger partial charge < -0.3 is 26.2 Å². The average molecular weight is 444 g/mol. The van der Waals surface area contributed by atoms with Gasteiger partial charge in [-0.25, -0.2) is 4.98 Å². The molecule has 0 amide bonds. The van der Waals surface area contributed by atoms with Crippen molar-refractivity contribution in [3.8, 4) is 0 Å². The number of aromatic nitrogens is 4. The van der Waals surface area contributed by atoms with E-state index in [1.165, 1.54) is 44.2 Å². The highest BCUT2D eigenvalue weighted by Gasteiger charge is 2.13. The summed E-state index contributed by atoms with van der Waals surface area (Å²) in [4.78, 5) is 11.3. The average Bonchev–Trinajstić information content (AvgIpc) is 2.82. The molecule has 5 N–H and O–H groups in total. The van der Waals surface area contributed by atoms with Gasteiger partial charge in [-0.3, -0.25) is 9.78 Å². The fourth-order valence-corrected chi connectivity index (χ4v) is 4.58. The standard InChI is InChI=1S/C23H41N9/c1-2-6-20(7-3-1)26-11-4-9-24-10-5-15-32-19-21(30-32)18-28-23-27-12-8-22(29-23)31-16-13-25-14-17-31/h8,12,19-20,24-26,30H,1-7,9-11,13-18H2,(H,27,28,29). The number of H-pyrrole nitrogens is 1. The van der Waals surface area contributed by atoms with Gasteiger partial charge in [-0.2, -0.15) is 4.98 Å². The maximum atomic E-state index is 4.66. The minimum Gasteiger partial charge on any atom is -0.354 e. The molecule has 0 unspecified atom stereocenters. The van der Waals surface area contributed by atoms with E-state index in [9.17, 15) is 0 Å². The van der Waals surface area contributed by atoms with E-state index in [0.717, 1.165) is 70.6 Å². The van der Waals surface area contributed by atoms with Crippen LogP contribution in [0.3, 0.4) is 0 Å². The lowest BCUT2D eigenvalue weighted by molar-refractivity contribution is 0.371. The van der Waals surface area contributed by atoms with Crippen molar-refractivity contribution in [2.75, 3.05) is 56.0 Å². The number of aryl methyl sites for hydroxylation is 1. The highest BCUT2D eigenvalue weighted by Crippen LogP contribution is 2.17. The molecule has 4 rings (SSSR count). The second-order valence-electron chi connectivity index (χ2n) is 9.03. The number of nitrogens with zero attached hydrogens (tertiary/aromatic N) is 4. The molecule has 178 valence electrons. The van der Waals surface area contributed by atoms with E-state index in [1.54, 1.807) is 0 Å². The Hall–Kier alpha value is -2.10. The van der Waals surface area contributed by atoms with Crippen LogP contribution in [0.5, 0.6) is 0 Å². The number of aromatic amines is 1. The molecule has 0 spiro atoms. The number of anilines is 2. The van der Waals surface area contributed by atoms with Gasteiger partial charge in [0, 0.05) is 51.2 Å². The molecular formula is C23H41N9. The topological polar surface area (TPSA) is 97.9 Å². The van der Waals surface area contributed by atoms with Gasteiger partial charge in [-0.15, -0.1) is 0 Å². The largest absolute Gasteiger partial charge is 0.354 e. The minimum absolute atomic E-state index is 0.685. The number of nitrogens with one attached hydrogen (secondary N) is 5. The van der Waals surface area contributed by atoms with Crippen LogP contribution >= 0.6 is 0 Å². The highest BCUT2D eigenvalue weighted by atomic mass is 15.3. The third-order valence-electron chi connectivity index (χ3n) is 6.44. The van der Waals surface area contributed by atoms with Crippen LogP contribution in [-0.2, 0) is 13.1 Å². The van der Waals surface area contributed by atoms with Crippen molar-refractivity contribution in [1.82, 2.24) is 35.7 Å².